The van der Waals surface area contributed by atoms with Crippen LogP contribution in [0.2, 0.25) is 0 Å². The Bertz CT molecular complexity index is 327. The fourth-order valence-corrected chi connectivity index (χ4v) is 0.984. The number of nitrogens with one attached hydrogen (secondary N) is 1. The average molecular weight is 210 g/mol. The van der Waals surface area contributed by atoms with E-state index >= 15 is 0 Å². The third-order valence-corrected chi connectivity index (χ3v) is 1.89. The molecule has 0 saturated carbocycles. The van der Waals surface area contributed by atoms with Crippen molar-refractivity contribution in [3.63, 3.8) is 0 Å². The van der Waals surface area contributed by atoms with E-state index in [1.165, 1.54) is 6.33 Å². The molecule has 0 unspecified atom stereocenters. The van der Waals surface area contributed by atoms with Gasteiger partial charge in [-0.05, 0) is 5.92 Å². The summed E-state index contributed by atoms with van der Waals surface area (Å²) in [7, 11) is 1.83. The van der Waals surface area contributed by atoms with Gasteiger partial charge in [0.1, 0.15) is 18.7 Å². The second-order valence-electron chi connectivity index (χ2n) is 3.78. The minimum Gasteiger partial charge on any atom is -0.370 e. The van der Waals surface area contributed by atoms with Crippen LogP contribution in [0, 0.1) is 5.92 Å². The summed E-state index contributed by atoms with van der Waals surface area (Å²) in [4.78, 5) is 8.20. The second kappa shape index (κ2) is 5.33. The Labute approximate surface area is 89.6 Å². The molecule has 0 radical (unpaired) electrons. The number of guanidine groups is 1. The van der Waals surface area contributed by atoms with Crippen molar-refractivity contribution in [2.75, 3.05) is 6.54 Å². The van der Waals surface area contributed by atoms with Crippen molar-refractivity contribution < 1.29 is 0 Å². The van der Waals surface area contributed by atoms with Crippen molar-refractivity contribution in [1.82, 2.24) is 20.1 Å². The predicted molar refractivity (Wildman–Crippen MR) is 59.2 cm³/mol. The Balaban J connectivity index is 2.40. The molecule has 0 aliphatic rings. The first-order chi connectivity index (χ1) is 7.09. The summed E-state index contributed by atoms with van der Waals surface area (Å²) in [6.45, 7) is 5.51. The van der Waals surface area contributed by atoms with E-state index in [9.17, 15) is 0 Å². The number of hydrogen-bond acceptors (Lipinski definition) is 3. The molecule has 0 aliphatic carbocycles. The average Bonchev–Trinajstić information content (AvgIpc) is 2.58. The largest absolute Gasteiger partial charge is 0.370 e. The Kier molecular flexibility index (Phi) is 4.08. The molecule has 0 fully saturated rings. The molecule has 0 saturated heterocycles. The first-order valence-electron chi connectivity index (χ1n) is 4.96. The SMILES string of the molecule is CC(C)CNC(N)=NCc1ncnn1C. The lowest BCUT2D eigenvalue weighted by Crippen LogP contribution is -2.34. The van der Waals surface area contributed by atoms with Crippen molar-refractivity contribution in [3.8, 4) is 0 Å². The summed E-state index contributed by atoms with van der Waals surface area (Å²) >= 11 is 0. The van der Waals surface area contributed by atoms with Gasteiger partial charge in [-0.2, -0.15) is 5.10 Å². The lowest BCUT2D eigenvalue weighted by molar-refractivity contribution is 0.620. The Morgan fingerprint density at radius 3 is 2.93 bits per heavy atom. The normalized spacial score (nSPS) is 12.1. The number of aromatic nitrogens is 3. The van der Waals surface area contributed by atoms with Gasteiger partial charge in [-0.25, -0.2) is 9.98 Å². The molecule has 0 aromatic carbocycles. The van der Waals surface area contributed by atoms with Crippen molar-refractivity contribution in [2.24, 2.45) is 23.7 Å². The van der Waals surface area contributed by atoms with Gasteiger partial charge in [0.15, 0.2) is 5.96 Å². The second-order valence-corrected chi connectivity index (χ2v) is 3.78. The molecule has 84 valence electrons. The summed E-state index contributed by atoms with van der Waals surface area (Å²) < 4.78 is 1.68. The van der Waals surface area contributed by atoms with E-state index in [1.807, 2.05) is 7.05 Å². The molecule has 0 atom stereocenters. The highest BCUT2D eigenvalue weighted by Crippen LogP contribution is 1.93. The van der Waals surface area contributed by atoms with Gasteiger partial charge >= 0.3 is 0 Å². The molecule has 6 nitrogen and oxygen atoms in total. The van der Waals surface area contributed by atoms with Gasteiger partial charge in [-0.1, -0.05) is 13.8 Å². The van der Waals surface area contributed by atoms with Crippen LogP contribution < -0.4 is 11.1 Å². The zero-order valence-electron chi connectivity index (χ0n) is 9.44. The summed E-state index contributed by atoms with van der Waals surface area (Å²) in [6, 6.07) is 0. The minimum atomic E-state index is 0.451. The number of nitrogens with two attached hydrogens (primary N) is 1. The lowest BCUT2D eigenvalue weighted by atomic mass is 10.2. The summed E-state index contributed by atoms with van der Waals surface area (Å²) in [6.07, 6.45) is 1.50. The van der Waals surface area contributed by atoms with Gasteiger partial charge < -0.3 is 11.1 Å². The van der Waals surface area contributed by atoms with Crippen LogP contribution in [0.3, 0.4) is 0 Å². The molecular weight excluding hydrogens is 192 g/mol. The third-order valence-electron chi connectivity index (χ3n) is 1.89. The first-order valence-corrected chi connectivity index (χ1v) is 4.96. The molecule has 0 spiro atoms. The van der Waals surface area contributed by atoms with Crippen molar-refractivity contribution in [1.29, 1.82) is 0 Å². The predicted octanol–water partition coefficient (Wildman–Crippen LogP) is -0.125. The van der Waals surface area contributed by atoms with E-state index in [0.29, 0.717) is 18.4 Å². The van der Waals surface area contributed by atoms with Gasteiger partial charge in [0.25, 0.3) is 0 Å². The van der Waals surface area contributed by atoms with Crippen molar-refractivity contribution in [2.45, 2.75) is 20.4 Å². The van der Waals surface area contributed by atoms with Gasteiger partial charge in [-0.15, -0.1) is 0 Å². The molecule has 1 rings (SSSR count). The molecule has 6 heteroatoms. The quantitative estimate of drug-likeness (QED) is 0.536. The fraction of sp³-hybridized carbons (Fsp3) is 0.667. The molecule has 0 aliphatic heterocycles. The molecule has 15 heavy (non-hydrogen) atoms. The standard InChI is InChI=1S/C9H18N6/c1-7(2)4-11-9(10)12-5-8-13-6-14-15(8)3/h6-7H,4-5H2,1-3H3,(H3,10,11,12). The number of aliphatic imine (C=N–C) groups is 1. The van der Waals surface area contributed by atoms with Crippen LogP contribution >= 0.6 is 0 Å². The Hall–Kier alpha value is -1.59. The summed E-state index contributed by atoms with van der Waals surface area (Å²) in [5, 5.41) is 6.98. The zero-order valence-corrected chi connectivity index (χ0v) is 9.44. The van der Waals surface area contributed by atoms with Crippen LogP contribution in [0.4, 0.5) is 0 Å². The van der Waals surface area contributed by atoms with E-state index < -0.39 is 0 Å². The number of nitrogens with zero attached hydrogens (tertiary/aromatic N) is 4. The molecule has 0 amide bonds. The highest BCUT2D eigenvalue weighted by molar-refractivity contribution is 5.77. The molecule has 1 heterocycles. The molecule has 1 aromatic rings. The lowest BCUT2D eigenvalue weighted by Gasteiger charge is -2.07. The van der Waals surface area contributed by atoms with Crippen molar-refractivity contribution >= 4 is 5.96 Å². The first kappa shape index (κ1) is 11.5. The maximum absolute atomic E-state index is 5.67. The minimum absolute atomic E-state index is 0.451. The number of aryl methyl sites for hydroxylation is 1. The smallest absolute Gasteiger partial charge is 0.189 e. The Morgan fingerprint density at radius 1 is 1.67 bits per heavy atom. The molecule has 0 bridgehead atoms. The monoisotopic (exact) mass is 210 g/mol. The maximum atomic E-state index is 5.67. The third kappa shape index (κ3) is 3.97. The summed E-state index contributed by atoms with van der Waals surface area (Å²) in [5.74, 6) is 1.80. The van der Waals surface area contributed by atoms with Gasteiger partial charge in [0, 0.05) is 13.6 Å². The molecular formula is C9H18N6. The van der Waals surface area contributed by atoms with Gasteiger partial charge in [0.2, 0.25) is 0 Å². The van der Waals surface area contributed by atoms with E-state index in [-0.39, 0.29) is 0 Å². The van der Waals surface area contributed by atoms with Gasteiger partial charge in [-0.3, -0.25) is 4.68 Å². The van der Waals surface area contributed by atoms with E-state index in [2.05, 4.69) is 34.2 Å². The van der Waals surface area contributed by atoms with Crippen molar-refractivity contribution in [3.05, 3.63) is 12.2 Å². The Morgan fingerprint density at radius 2 is 2.40 bits per heavy atom. The highest BCUT2D eigenvalue weighted by Gasteiger charge is 1.99. The van der Waals surface area contributed by atoms with E-state index in [0.717, 1.165) is 12.4 Å². The zero-order chi connectivity index (χ0) is 11.3. The number of hydrogen-bond donors (Lipinski definition) is 2. The van der Waals surface area contributed by atoms with Crippen LogP contribution in [0.1, 0.15) is 19.7 Å². The van der Waals surface area contributed by atoms with Crippen LogP contribution in [0.25, 0.3) is 0 Å². The van der Waals surface area contributed by atoms with Crippen LogP contribution in [0.15, 0.2) is 11.3 Å². The van der Waals surface area contributed by atoms with Crippen LogP contribution in [0.5, 0.6) is 0 Å². The fourth-order valence-electron chi connectivity index (χ4n) is 0.984. The van der Waals surface area contributed by atoms with Crippen LogP contribution in [-0.2, 0) is 13.6 Å². The molecule has 1 aromatic heterocycles. The highest BCUT2D eigenvalue weighted by atomic mass is 15.3. The molecule has 3 N–H and O–H groups in total. The van der Waals surface area contributed by atoms with E-state index in [1.54, 1.807) is 4.68 Å². The maximum Gasteiger partial charge on any atom is 0.189 e. The van der Waals surface area contributed by atoms with E-state index in [4.69, 9.17) is 5.73 Å². The summed E-state index contributed by atoms with van der Waals surface area (Å²) in [5.41, 5.74) is 5.67. The van der Waals surface area contributed by atoms with Gasteiger partial charge in [0.05, 0.1) is 0 Å². The topological polar surface area (TPSA) is 81.1 Å². The van der Waals surface area contributed by atoms with Crippen LogP contribution in [-0.4, -0.2) is 27.3 Å². The number of rotatable bonds is 4.